The van der Waals surface area contributed by atoms with Crippen LogP contribution in [0, 0.1) is 5.92 Å². The van der Waals surface area contributed by atoms with Crippen molar-refractivity contribution in [2.75, 3.05) is 17.2 Å². The number of anilines is 2. The van der Waals surface area contributed by atoms with Crippen LogP contribution in [-0.4, -0.2) is 34.6 Å². The summed E-state index contributed by atoms with van der Waals surface area (Å²) in [5.74, 6) is -0.269. The number of thiazole rings is 1. The third-order valence-electron chi connectivity index (χ3n) is 4.16. The molecule has 0 radical (unpaired) electrons. The molecule has 1 unspecified atom stereocenters. The molecule has 0 bridgehead atoms. The average molecular weight is 434 g/mol. The van der Waals surface area contributed by atoms with E-state index in [1.165, 1.54) is 23.1 Å². The maximum absolute atomic E-state index is 12.4. The van der Waals surface area contributed by atoms with Crippen molar-refractivity contribution in [1.29, 1.82) is 0 Å². The quantitative estimate of drug-likeness (QED) is 0.462. The Labute approximate surface area is 177 Å². The number of thioether (sulfide) groups is 1. The number of esters is 1. The Morgan fingerprint density at radius 3 is 2.62 bits per heavy atom. The van der Waals surface area contributed by atoms with Gasteiger partial charge in [-0.3, -0.25) is 14.4 Å². The molecule has 1 aromatic heterocycles. The van der Waals surface area contributed by atoms with E-state index in [0.717, 1.165) is 23.4 Å². The zero-order chi connectivity index (χ0) is 20.8. The first-order valence-electron chi connectivity index (χ1n) is 9.43. The molecule has 0 spiro atoms. The van der Waals surface area contributed by atoms with E-state index in [1.807, 2.05) is 31.2 Å². The van der Waals surface area contributed by atoms with E-state index in [9.17, 15) is 14.4 Å². The van der Waals surface area contributed by atoms with E-state index in [0.29, 0.717) is 17.4 Å². The van der Waals surface area contributed by atoms with Gasteiger partial charge in [-0.1, -0.05) is 0 Å². The fourth-order valence-corrected chi connectivity index (χ4v) is 4.06. The number of hydrogen-bond donors (Lipinski definition) is 2. The Balaban J connectivity index is 1.48. The Hall–Kier alpha value is -2.39. The molecule has 7 nitrogen and oxygen atoms in total. The number of carbonyl (C=O) groups is 3. The van der Waals surface area contributed by atoms with Crippen molar-refractivity contribution < 1.29 is 19.1 Å². The minimum Gasteiger partial charge on any atom is -0.466 e. The minimum absolute atomic E-state index is 0.0731. The monoisotopic (exact) mass is 433 g/mol. The predicted molar refractivity (Wildman–Crippen MR) is 114 cm³/mol. The first-order chi connectivity index (χ1) is 13.9. The van der Waals surface area contributed by atoms with Gasteiger partial charge in [-0.15, -0.1) is 23.1 Å². The molecule has 1 heterocycles. The predicted octanol–water partition coefficient (Wildman–Crippen LogP) is 3.72. The molecule has 9 heteroatoms. The fourth-order valence-electron chi connectivity index (χ4n) is 2.48. The largest absolute Gasteiger partial charge is 0.466 e. The lowest BCUT2D eigenvalue weighted by atomic mass is 10.3. The van der Waals surface area contributed by atoms with Crippen LogP contribution in [0.4, 0.5) is 10.8 Å². The average Bonchev–Trinajstić information content (AvgIpc) is 3.45. The molecular weight excluding hydrogens is 410 g/mol. The van der Waals surface area contributed by atoms with Crippen LogP contribution in [0.25, 0.3) is 0 Å². The van der Waals surface area contributed by atoms with E-state index < -0.39 is 0 Å². The zero-order valence-electron chi connectivity index (χ0n) is 16.3. The third kappa shape index (κ3) is 6.57. The maximum atomic E-state index is 12.4. The maximum Gasteiger partial charge on any atom is 0.311 e. The van der Waals surface area contributed by atoms with Crippen molar-refractivity contribution >= 4 is 51.7 Å². The number of ether oxygens (including phenoxy) is 1. The Morgan fingerprint density at radius 2 is 1.97 bits per heavy atom. The van der Waals surface area contributed by atoms with Crippen molar-refractivity contribution in [3.05, 3.63) is 35.3 Å². The molecule has 1 atom stereocenters. The molecule has 2 aromatic rings. The summed E-state index contributed by atoms with van der Waals surface area (Å²) in [6.07, 6.45) is 2.03. The van der Waals surface area contributed by atoms with Gasteiger partial charge in [0, 0.05) is 21.9 Å². The SMILES string of the molecule is CCOC(=O)Cc1csc(NC(=O)C(C)Sc2ccc(NC(=O)C3CC3)cc2)n1. The van der Waals surface area contributed by atoms with Crippen LogP contribution >= 0.6 is 23.1 Å². The fraction of sp³-hybridized carbons (Fsp3) is 0.400. The second-order valence-corrected chi connectivity index (χ2v) is 8.94. The highest BCUT2D eigenvalue weighted by molar-refractivity contribution is 8.00. The molecule has 1 fully saturated rings. The molecule has 2 amide bonds. The lowest BCUT2D eigenvalue weighted by molar-refractivity contribution is -0.142. The van der Waals surface area contributed by atoms with Gasteiger partial charge >= 0.3 is 5.97 Å². The second kappa shape index (κ2) is 9.89. The van der Waals surface area contributed by atoms with Crippen LogP contribution in [0.5, 0.6) is 0 Å². The van der Waals surface area contributed by atoms with E-state index in [4.69, 9.17) is 4.74 Å². The van der Waals surface area contributed by atoms with Crippen LogP contribution < -0.4 is 10.6 Å². The molecule has 154 valence electrons. The molecule has 1 saturated carbocycles. The van der Waals surface area contributed by atoms with Crippen molar-refractivity contribution in [3.63, 3.8) is 0 Å². The summed E-state index contributed by atoms with van der Waals surface area (Å²) >= 11 is 2.70. The summed E-state index contributed by atoms with van der Waals surface area (Å²) in [4.78, 5) is 40.9. The highest BCUT2D eigenvalue weighted by atomic mass is 32.2. The van der Waals surface area contributed by atoms with E-state index in [-0.39, 0.29) is 35.4 Å². The summed E-state index contributed by atoms with van der Waals surface area (Å²) in [5, 5.41) is 7.54. The van der Waals surface area contributed by atoms with E-state index >= 15 is 0 Å². The Morgan fingerprint density at radius 1 is 1.24 bits per heavy atom. The van der Waals surface area contributed by atoms with Crippen molar-refractivity contribution in [2.24, 2.45) is 5.92 Å². The van der Waals surface area contributed by atoms with E-state index in [2.05, 4.69) is 15.6 Å². The normalized spacial score (nSPS) is 14.1. The summed E-state index contributed by atoms with van der Waals surface area (Å²) in [7, 11) is 0. The zero-order valence-corrected chi connectivity index (χ0v) is 17.9. The van der Waals surface area contributed by atoms with Crippen LogP contribution in [0.1, 0.15) is 32.4 Å². The highest BCUT2D eigenvalue weighted by Crippen LogP contribution is 2.31. The number of nitrogens with one attached hydrogen (secondary N) is 2. The van der Waals surface area contributed by atoms with Crippen LogP contribution in [0.2, 0.25) is 0 Å². The van der Waals surface area contributed by atoms with Crippen molar-refractivity contribution in [1.82, 2.24) is 4.98 Å². The van der Waals surface area contributed by atoms with Gasteiger partial charge in [0.1, 0.15) is 0 Å². The molecule has 1 aromatic carbocycles. The van der Waals surface area contributed by atoms with Gasteiger partial charge in [-0.05, 0) is 51.0 Å². The van der Waals surface area contributed by atoms with Gasteiger partial charge in [0.15, 0.2) is 5.13 Å². The van der Waals surface area contributed by atoms with Crippen LogP contribution in [-0.2, 0) is 25.5 Å². The molecule has 29 heavy (non-hydrogen) atoms. The standard InChI is InChI=1S/C20H23N3O4S2/c1-3-27-17(24)10-15-11-28-20(22-15)23-18(25)12(2)29-16-8-6-14(7-9-16)21-19(26)13-4-5-13/h6-9,11-13H,3-5,10H2,1-2H3,(H,21,26)(H,22,23,25). The molecule has 1 aliphatic carbocycles. The topological polar surface area (TPSA) is 97.4 Å². The van der Waals surface area contributed by atoms with Gasteiger partial charge < -0.3 is 15.4 Å². The number of benzene rings is 1. The van der Waals surface area contributed by atoms with Gasteiger partial charge in [0.2, 0.25) is 11.8 Å². The number of amides is 2. The molecule has 1 aliphatic rings. The summed E-state index contributed by atoms with van der Waals surface area (Å²) < 4.78 is 4.90. The number of aromatic nitrogens is 1. The molecule has 2 N–H and O–H groups in total. The first-order valence-corrected chi connectivity index (χ1v) is 11.2. The number of nitrogens with zero attached hydrogens (tertiary/aromatic N) is 1. The molecule has 3 rings (SSSR count). The van der Waals surface area contributed by atoms with Crippen LogP contribution in [0.3, 0.4) is 0 Å². The van der Waals surface area contributed by atoms with Crippen molar-refractivity contribution in [3.8, 4) is 0 Å². The minimum atomic E-state index is -0.337. The Kier molecular flexibility index (Phi) is 7.27. The van der Waals surface area contributed by atoms with E-state index in [1.54, 1.807) is 12.3 Å². The highest BCUT2D eigenvalue weighted by Gasteiger charge is 2.29. The summed E-state index contributed by atoms with van der Waals surface area (Å²) in [6, 6.07) is 7.46. The number of carbonyl (C=O) groups excluding carboxylic acids is 3. The third-order valence-corrected chi connectivity index (χ3v) is 6.08. The smallest absolute Gasteiger partial charge is 0.311 e. The van der Waals surface area contributed by atoms with Gasteiger partial charge in [0.25, 0.3) is 0 Å². The second-order valence-electron chi connectivity index (χ2n) is 6.66. The number of hydrogen-bond acceptors (Lipinski definition) is 7. The number of rotatable bonds is 9. The van der Waals surface area contributed by atoms with Gasteiger partial charge in [-0.25, -0.2) is 4.98 Å². The van der Waals surface area contributed by atoms with Crippen molar-refractivity contribution in [2.45, 2.75) is 43.3 Å². The van der Waals surface area contributed by atoms with Crippen LogP contribution in [0.15, 0.2) is 34.5 Å². The lowest BCUT2D eigenvalue weighted by Crippen LogP contribution is -2.22. The molecular formula is C20H23N3O4S2. The van der Waals surface area contributed by atoms with Gasteiger partial charge in [0.05, 0.1) is 24.0 Å². The molecule has 0 saturated heterocycles. The summed E-state index contributed by atoms with van der Waals surface area (Å²) in [5.41, 5.74) is 1.34. The Bertz CT molecular complexity index is 878. The lowest BCUT2D eigenvalue weighted by Gasteiger charge is -2.11. The van der Waals surface area contributed by atoms with Gasteiger partial charge in [-0.2, -0.15) is 0 Å². The summed E-state index contributed by atoms with van der Waals surface area (Å²) in [6.45, 7) is 3.90. The molecule has 0 aliphatic heterocycles. The first kappa shape index (κ1) is 21.3.